The lowest BCUT2D eigenvalue weighted by molar-refractivity contribution is -0.122. The zero-order chi connectivity index (χ0) is 14.7. The van der Waals surface area contributed by atoms with Crippen LogP contribution in [-0.2, 0) is 4.79 Å². The summed E-state index contributed by atoms with van der Waals surface area (Å²) in [6, 6.07) is 9.10. The van der Waals surface area contributed by atoms with Gasteiger partial charge in [0.15, 0.2) is 5.11 Å². The highest BCUT2D eigenvalue weighted by Crippen LogP contribution is 2.16. The number of thiocarbonyl (C=S) groups is 1. The first-order valence-electron chi connectivity index (χ1n) is 6.36. The van der Waals surface area contributed by atoms with Gasteiger partial charge in [0.1, 0.15) is 5.70 Å². The van der Waals surface area contributed by atoms with Crippen molar-refractivity contribution >= 4 is 29.3 Å². The molecular formula is C15H15N3OS. The Morgan fingerprint density at radius 3 is 2.60 bits per heavy atom. The Balaban J connectivity index is 2.21. The number of nitrogens with zero attached hydrogens (tertiary/aromatic N) is 2. The molecule has 1 aromatic rings. The van der Waals surface area contributed by atoms with Crippen LogP contribution in [0.4, 0.5) is 0 Å². The molecule has 5 heteroatoms. The minimum atomic E-state index is -0.104. The molecule has 0 aliphatic carbocycles. The van der Waals surface area contributed by atoms with Gasteiger partial charge in [0.25, 0.3) is 5.91 Å². The molecule has 1 aliphatic heterocycles. The van der Waals surface area contributed by atoms with Crippen molar-refractivity contribution < 1.29 is 4.79 Å². The maximum Gasteiger partial charge on any atom is 0.276 e. The predicted octanol–water partition coefficient (Wildman–Crippen LogP) is 2.27. The monoisotopic (exact) mass is 285 g/mol. The van der Waals surface area contributed by atoms with Crippen molar-refractivity contribution in [3.05, 3.63) is 41.1 Å². The van der Waals surface area contributed by atoms with Crippen LogP contribution in [0, 0.1) is 17.2 Å². The highest BCUT2D eigenvalue weighted by atomic mass is 32.1. The van der Waals surface area contributed by atoms with Crippen LogP contribution in [0.2, 0.25) is 0 Å². The Labute approximate surface area is 123 Å². The second-order valence-electron chi connectivity index (χ2n) is 5.03. The van der Waals surface area contributed by atoms with Gasteiger partial charge in [0.05, 0.1) is 11.6 Å². The van der Waals surface area contributed by atoms with E-state index in [1.54, 1.807) is 35.2 Å². The SMILES string of the molecule is CC(C)CN1C(=O)/C(=C\c2ccc(C#N)cc2)NC1=S. The van der Waals surface area contributed by atoms with Gasteiger partial charge in [-0.25, -0.2) is 0 Å². The van der Waals surface area contributed by atoms with E-state index in [9.17, 15) is 4.79 Å². The number of carbonyl (C=O) groups excluding carboxylic acids is 1. The number of nitriles is 1. The van der Waals surface area contributed by atoms with E-state index in [0.29, 0.717) is 28.8 Å². The first-order valence-corrected chi connectivity index (χ1v) is 6.77. The zero-order valence-corrected chi connectivity index (χ0v) is 12.2. The number of hydrogen-bond donors (Lipinski definition) is 1. The summed E-state index contributed by atoms with van der Waals surface area (Å²) in [5, 5.41) is 12.1. The summed E-state index contributed by atoms with van der Waals surface area (Å²) in [6.45, 7) is 4.69. The number of rotatable bonds is 3. The van der Waals surface area contributed by atoms with Crippen LogP contribution >= 0.6 is 12.2 Å². The Morgan fingerprint density at radius 2 is 2.05 bits per heavy atom. The normalized spacial score (nSPS) is 16.7. The van der Waals surface area contributed by atoms with Crippen molar-refractivity contribution in [2.24, 2.45) is 5.92 Å². The molecule has 0 unspecified atom stereocenters. The zero-order valence-electron chi connectivity index (χ0n) is 11.4. The fraction of sp³-hybridized carbons (Fsp3) is 0.267. The molecule has 1 amide bonds. The Kier molecular flexibility index (Phi) is 4.16. The van der Waals surface area contributed by atoms with Crippen molar-refractivity contribution in [3.63, 3.8) is 0 Å². The molecule has 102 valence electrons. The van der Waals surface area contributed by atoms with E-state index in [-0.39, 0.29) is 5.91 Å². The molecule has 20 heavy (non-hydrogen) atoms. The fourth-order valence-corrected chi connectivity index (χ4v) is 2.19. The van der Waals surface area contributed by atoms with Crippen LogP contribution in [0.1, 0.15) is 25.0 Å². The third-order valence-corrected chi connectivity index (χ3v) is 3.18. The highest BCUT2D eigenvalue weighted by Gasteiger charge is 2.30. The first-order chi connectivity index (χ1) is 9.51. The molecule has 1 aliphatic rings. The summed E-state index contributed by atoms with van der Waals surface area (Å²) >= 11 is 5.18. The van der Waals surface area contributed by atoms with Crippen molar-refractivity contribution in [3.8, 4) is 6.07 Å². The van der Waals surface area contributed by atoms with Gasteiger partial charge in [-0.05, 0) is 41.9 Å². The van der Waals surface area contributed by atoms with E-state index in [0.717, 1.165) is 5.56 Å². The summed E-state index contributed by atoms with van der Waals surface area (Å²) < 4.78 is 0. The maximum absolute atomic E-state index is 12.2. The van der Waals surface area contributed by atoms with Gasteiger partial charge in [0.2, 0.25) is 0 Å². The van der Waals surface area contributed by atoms with Gasteiger partial charge in [-0.2, -0.15) is 5.26 Å². The number of amides is 1. The van der Waals surface area contributed by atoms with Crippen LogP contribution < -0.4 is 5.32 Å². The largest absolute Gasteiger partial charge is 0.328 e. The fourth-order valence-electron chi connectivity index (χ4n) is 1.92. The molecule has 0 radical (unpaired) electrons. The first kappa shape index (κ1) is 14.2. The summed E-state index contributed by atoms with van der Waals surface area (Å²) in [5.74, 6) is 0.251. The van der Waals surface area contributed by atoms with Crippen molar-refractivity contribution in [2.45, 2.75) is 13.8 Å². The average molecular weight is 285 g/mol. The molecule has 4 nitrogen and oxygen atoms in total. The van der Waals surface area contributed by atoms with Crippen molar-refractivity contribution in [1.29, 1.82) is 5.26 Å². The molecule has 1 fully saturated rings. The Morgan fingerprint density at radius 1 is 1.40 bits per heavy atom. The standard InChI is InChI=1S/C15H15N3OS/c1-10(2)9-18-14(19)13(17-15(18)20)7-11-3-5-12(8-16)6-4-11/h3-7,10H,9H2,1-2H3,(H,17,20)/b13-7+. The van der Waals surface area contributed by atoms with Crippen LogP contribution in [0.25, 0.3) is 6.08 Å². The molecule has 2 rings (SSSR count). The quantitative estimate of drug-likeness (QED) is 0.684. The lowest BCUT2D eigenvalue weighted by atomic mass is 10.1. The molecule has 1 saturated heterocycles. The van der Waals surface area contributed by atoms with E-state index in [2.05, 4.69) is 11.4 Å². The summed E-state index contributed by atoms with van der Waals surface area (Å²) in [6.07, 6.45) is 1.75. The second-order valence-corrected chi connectivity index (χ2v) is 5.42. The molecule has 1 aromatic carbocycles. The van der Waals surface area contributed by atoms with Gasteiger partial charge in [-0.1, -0.05) is 26.0 Å². The van der Waals surface area contributed by atoms with E-state index in [1.807, 2.05) is 13.8 Å². The van der Waals surface area contributed by atoms with Gasteiger partial charge < -0.3 is 5.32 Å². The van der Waals surface area contributed by atoms with Gasteiger partial charge in [0, 0.05) is 6.54 Å². The second kappa shape index (κ2) is 5.85. The van der Waals surface area contributed by atoms with E-state index in [1.165, 1.54) is 0 Å². The molecule has 1 heterocycles. The van der Waals surface area contributed by atoms with Crippen LogP contribution in [0.15, 0.2) is 30.0 Å². The Hall–Kier alpha value is -2.19. The summed E-state index contributed by atoms with van der Waals surface area (Å²) in [5.41, 5.74) is 1.92. The number of nitrogens with one attached hydrogen (secondary N) is 1. The van der Waals surface area contributed by atoms with Crippen molar-refractivity contribution in [1.82, 2.24) is 10.2 Å². The Bertz CT molecular complexity index is 611. The number of carbonyl (C=O) groups is 1. The van der Waals surface area contributed by atoms with Gasteiger partial charge in [-0.15, -0.1) is 0 Å². The number of hydrogen-bond acceptors (Lipinski definition) is 3. The van der Waals surface area contributed by atoms with E-state index >= 15 is 0 Å². The molecule has 0 aromatic heterocycles. The molecule has 1 N–H and O–H groups in total. The predicted molar refractivity (Wildman–Crippen MR) is 81.4 cm³/mol. The molecule has 0 spiro atoms. The van der Waals surface area contributed by atoms with Crippen LogP contribution in [-0.4, -0.2) is 22.5 Å². The molecule has 0 saturated carbocycles. The van der Waals surface area contributed by atoms with Crippen LogP contribution in [0.5, 0.6) is 0 Å². The minimum Gasteiger partial charge on any atom is -0.328 e. The van der Waals surface area contributed by atoms with Gasteiger partial charge >= 0.3 is 0 Å². The topological polar surface area (TPSA) is 56.1 Å². The average Bonchev–Trinajstić information content (AvgIpc) is 2.67. The number of benzene rings is 1. The van der Waals surface area contributed by atoms with Crippen LogP contribution in [0.3, 0.4) is 0 Å². The molecule has 0 atom stereocenters. The third kappa shape index (κ3) is 3.03. The lowest BCUT2D eigenvalue weighted by Gasteiger charge is -2.15. The minimum absolute atomic E-state index is 0.104. The van der Waals surface area contributed by atoms with E-state index < -0.39 is 0 Å². The van der Waals surface area contributed by atoms with E-state index in [4.69, 9.17) is 17.5 Å². The summed E-state index contributed by atoms with van der Waals surface area (Å²) in [7, 11) is 0. The smallest absolute Gasteiger partial charge is 0.276 e. The van der Waals surface area contributed by atoms with Gasteiger partial charge in [-0.3, -0.25) is 9.69 Å². The third-order valence-electron chi connectivity index (χ3n) is 2.86. The molecule has 0 bridgehead atoms. The van der Waals surface area contributed by atoms with Crippen molar-refractivity contribution in [2.75, 3.05) is 6.54 Å². The maximum atomic E-state index is 12.2. The summed E-state index contributed by atoms with van der Waals surface area (Å²) in [4.78, 5) is 13.8. The highest BCUT2D eigenvalue weighted by molar-refractivity contribution is 7.80. The molecular weight excluding hydrogens is 270 g/mol. The lowest BCUT2D eigenvalue weighted by Crippen LogP contribution is -2.33.